The number of likely N-dealkylation sites (tertiary alicyclic amines) is 1. The summed E-state index contributed by atoms with van der Waals surface area (Å²) in [6.45, 7) is 5.32. The summed E-state index contributed by atoms with van der Waals surface area (Å²) in [5.74, 6) is 1.84. The smallest absolute Gasteiger partial charge is 0.263 e. The summed E-state index contributed by atoms with van der Waals surface area (Å²) in [5.41, 5.74) is 5.98. The van der Waals surface area contributed by atoms with E-state index < -0.39 is 6.10 Å². The second-order valence-electron chi connectivity index (χ2n) is 5.98. The third kappa shape index (κ3) is 4.13. The zero-order valence-electron chi connectivity index (χ0n) is 13.6. The number of ether oxygens (including phenoxy) is 2. The molecule has 122 valence electrons. The molecule has 0 aromatic heterocycles. The largest absolute Gasteiger partial charge is 0.497 e. The molecule has 0 bridgehead atoms. The molecule has 0 saturated carbocycles. The Balaban J connectivity index is 1.93. The molecule has 1 heterocycles. The molecule has 3 unspecified atom stereocenters. The fraction of sp³-hybridized carbons (Fsp3) is 0.588. The van der Waals surface area contributed by atoms with E-state index in [0.717, 1.165) is 31.7 Å². The van der Waals surface area contributed by atoms with Crippen molar-refractivity contribution in [3.05, 3.63) is 24.3 Å². The molecule has 0 aliphatic carbocycles. The van der Waals surface area contributed by atoms with Gasteiger partial charge in [0.05, 0.1) is 7.11 Å². The van der Waals surface area contributed by atoms with E-state index in [0.29, 0.717) is 11.7 Å². The van der Waals surface area contributed by atoms with Crippen molar-refractivity contribution in [3.63, 3.8) is 0 Å². The summed E-state index contributed by atoms with van der Waals surface area (Å²) in [7, 11) is 1.62. The summed E-state index contributed by atoms with van der Waals surface area (Å²) < 4.78 is 10.9. The van der Waals surface area contributed by atoms with Gasteiger partial charge in [-0.2, -0.15) is 0 Å². The van der Waals surface area contributed by atoms with Crippen molar-refractivity contribution in [3.8, 4) is 11.5 Å². The van der Waals surface area contributed by atoms with Crippen LogP contribution in [-0.2, 0) is 4.79 Å². The standard InChI is InChI=1S/C17H26N2O3/c1-12(18)14-5-4-10-19(11-14)17(20)13(2)22-16-8-6-15(21-3)7-9-16/h6-9,12-14H,4-5,10-11,18H2,1-3H3. The monoisotopic (exact) mass is 306 g/mol. The maximum absolute atomic E-state index is 12.5. The third-order valence-electron chi connectivity index (χ3n) is 4.23. The molecule has 1 aromatic rings. The SMILES string of the molecule is COc1ccc(OC(C)C(=O)N2CCCC(C(C)N)C2)cc1. The van der Waals surface area contributed by atoms with E-state index in [1.807, 2.05) is 36.1 Å². The Morgan fingerprint density at radius 3 is 2.50 bits per heavy atom. The van der Waals surface area contributed by atoms with Gasteiger partial charge in [0, 0.05) is 19.1 Å². The van der Waals surface area contributed by atoms with Crippen LogP contribution in [0.4, 0.5) is 0 Å². The molecule has 3 atom stereocenters. The minimum absolute atomic E-state index is 0.0289. The van der Waals surface area contributed by atoms with Crippen LogP contribution < -0.4 is 15.2 Å². The summed E-state index contributed by atoms with van der Waals surface area (Å²) in [6.07, 6.45) is 1.60. The molecule has 1 fully saturated rings. The van der Waals surface area contributed by atoms with Crippen LogP contribution in [0.3, 0.4) is 0 Å². The Kier molecular flexibility index (Phi) is 5.66. The van der Waals surface area contributed by atoms with E-state index >= 15 is 0 Å². The van der Waals surface area contributed by atoms with Crippen LogP contribution in [0.15, 0.2) is 24.3 Å². The van der Waals surface area contributed by atoms with Gasteiger partial charge in [-0.3, -0.25) is 4.79 Å². The van der Waals surface area contributed by atoms with Gasteiger partial charge >= 0.3 is 0 Å². The van der Waals surface area contributed by atoms with Gasteiger partial charge in [-0.1, -0.05) is 0 Å². The summed E-state index contributed by atoms with van der Waals surface area (Å²) >= 11 is 0. The number of amides is 1. The number of hydrogen-bond donors (Lipinski definition) is 1. The van der Waals surface area contributed by atoms with Crippen molar-refractivity contribution < 1.29 is 14.3 Å². The van der Waals surface area contributed by atoms with E-state index in [2.05, 4.69) is 0 Å². The quantitative estimate of drug-likeness (QED) is 0.904. The van der Waals surface area contributed by atoms with E-state index in [1.165, 1.54) is 0 Å². The number of piperidine rings is 1. The highest BCUT2D eigenvalue weighted by molar-refractivity contribution is 5.81. The van der Waals surface area contributed by atoms with Crippen molar-refractivity contribution in [2.24, 2.45) is 11.7 Å². The zero-order chi connectivity index (χ0) is 16.1. The Labute approximate surface area is 132 Å². The first kappa shape index (κ1) is 16.6. The summed E-state index contributed by atoms with van der Waals surface area (Å²) in [4.78, 5) is 14.4. The lowest BCUT2D eigenvalue weighted by molar-refractivity contribution is -0.139. The van der Waals surface area contributed by atoms with Crippen molar-refractivity contribution in [1.82, 2.24) is 4.90 Å². The Bertz CT molecular complexity index is 487. The lowest BCUT2D eigenvalue weighted by Crippen LogP contribution is -2.48. The minimum Gasteiger partial charge on any atom is -0.497 e. The van der Waals surface area contributed by atoms with E-state index in [9.17, 15) is 4.79 Å². The molecule has 2 rings (SSSR count). The fourth-order valence-corrected chi connectivity index (χ4v) is 2.81. The van der Waals surface area contributed by atoms with Crippen LogP contribution in [0.1, 0.15) is 26.7 Å². The summed E-state index contributed by atoms with van der Waals surface area (Å²) in [6, 6.07) is 7.38. The number of nitrogens with two attached hydrogens (primary N) is 1. The van der Waals surface area contributed by atoms with Gasteiger partial charge in [-0.15, -0.1) is 0 Å². The normalized spacial score (nSPS) is 21.1. The zero-order valence-corrected chi connectivity index (χ0v) is 13.6. The van der Waals surface area contributed by atoms with Gasteiger partial charge in [-0.05, 0) is 56.9 Å². The van der Waals surface area contributed by atoms with Crippen molar-refractivity contribution in [1.29, 1.82) is 0 Å². The fourth-order valence-electron chi connectivity index (χ4n) is 2.81. The molecule has 1 aliphatic heterocycles. The Hall–Kier alpha value is -1.75. The van der Waals surface area contributed by atoms with Crippen LogP contribution in [-0.4, -0.2) is 43.2 Å². The molecular weight excluding hydrogens is 280 g/mol. The van der Waals surface area contributed by atoms with Gasteiger partial charge in [0.15, 0.2) is 6.10 Å². The van der Waals surface area contributed by atoms with Gasteiger partial charge in [-0.25, -0.2) is 0 Å². The van der Waals surface area contributed by atoms with Crippen LogP contribution in [0.2, 0.25) is 0 Å². The average Bonchev–Trinajstić information content (AvgIpc) is 2.54. The minimum atomic E-state index is -0.500. The average molecular weight is 306 g/mol. The van der Waals surface area contributed by atoms with Gasteiger partial charge in [0.1, 0.15) is 11.5 Å². The topological polar surface area (TPSA) is 64.8 Å². The number of methoxy groups -OCH3 is 1. The molecule has 1 aliphatic rings. The lowest BCUT2D eigenvalue weighted by Gasteiger charge is -2.35. The number of hydrogen-bond acceptors (Lipinski definition) is 4. The van der Waals surface area contributed by atoms with Crippen LogP contribution in [0, 0.1) is 5.92 Å². The van der Waals surface area contributed by atoms with Crippen LogP contribution in [0.5, 0.6) is 11.5 Å². The highest BCUT2D eigenvalue weighted by atomic mass is 16.5. The molecule has 2 N–H and O–H groups in total. The molecule has 0 radical (unpaired) electrons. The first-order chi connectivity index (χ1) is 10.5. The summed E-state index contributed by atoms with van der Waals surface area (Å²) in [5, 5.41) is 0. The Morgan fingerprint density at radius 1 is 1.27 bits per heavy atom. The predicted molar refractivity (Wildman–Crippen MR) is 86.0 cm³/mol. The van der Waals surface area contributed by atoms with E-state index in [-0.39, 0.29) is 11.9 Å². The second kappa shape index (κ2) is 7.49. The van der Waals surface area contributed by atoms with Gasteiger partial charge < -0.3 is 20.1 Å². The Morgan fingerprint density at radius 2 is 1.91 bits per heavy atom. The second-order valence-corrected chi connectivity index (χ2v) is 5.98. The van der Waals surface area contributed by atoms with Gasteiger partial charge in [0.2, 0.25) is 0 Å². The third-order valence-corrected chi connectivity index (χ3v) is 4.23. The van der Waals surface area contributed by atoms with Crippen molar-refractivity contribution >= 4 is 5.91 Å². The van der Waals surface area contributed by atoms with Crippen molar-refractivity contribution in [2.75, 3.05) is 20.2 Å². The molecule has 0 spiro atoms. The van der Waals surface area contributed by atoms with Crippen molar-refractivity contribution in [2.45, 2.75) is 38.8 Å². The van der Waals surface area contributed by atoms with Crippen LogP contribution >= 0.6 is 0 Å². The van der Waals surface area contributed by atoms with E-state index in [4.69, 9.17) is 15.2 Å². The first-order valence-corrected chi connectivity index (χ1v) is 7.86. The van der Waals surface area contributed by atoms with Crippen LogP contribution in [0.25, 0.3) is 0 Å². The molecule has 22 heavy (non-hydrogen) atoms. The first-order valence-electron chi connectivity index (χ1n) is 7.86. The van der Waals surface area contributed by atoms with Gasteiger partial charge in [0.25, 0.3) is 5.91 Å². The highest BCUT2D eigenvalue weighted by Crippen LogP contribution is 2.22. The maximum atomic E-state index is 12.5. The molecule has 1 amide bonds. The lowest BCUT2D eigenvalue weighted by atomic mass is 9.92. The molecule has 1 saturated heterocycles. The number of carbonyl (C=O) groups excluding carboxylic acids is 1. The maximum Gasteiger partial charge on any atom is 0.263 e. The number of rotatable bonds is 5. The van der Waals surface area contributed by atoms with E-state index in [1.54, 1.807) is 14.0 Å². The number of nitrogens with zero attached hydrogens (tertiary/aromatic N) is 1. The number of carbonyl (C=O) groups is 1. The molecule has 1 aromatic carbocycles. The molecule has 5 nitrogen and oxygen atoms in total. The molecular formula is C17H26N2O3. The highest BCUT2D eigenvalue weighted by Gasteiger charge is 2.29. The predicted octanol–water partition coefficient (Wildman–Crippen LogP) is 2.05. The number of benzene rings is 1. The molecule has 5 heteroatoms.